The normalized spacial score (nSPS) is 19.4. The number of morpholine rings is 1. The standard InChI is InChI=1S/C29H34N2O7/c1-4-16-38-22-9-6-20(7-10-22)26-25(27(32)21-8-11-23(35-2)24(19-21)36-3)28(33)29(34)31(26)13-5-12-30-14-17-37-18-15-30/h4,6-11,19,26,32H,1,5,12-18H2,2-3H3/b27-25-. The van der Waals surface area contributed by atoms with Crippen LogP contribution in [0.1, 0.15) is 23.6 Å². The van der Waals surface area contributed by atoms with Gasteiger partial charge >= 0.3 is 0 Å². The van der Waals surface area contributed by atoms with E-state index in [1.807, 2.05) is 12.1 Å². The number of hydrogen-bond acceptors (Lipinski definition) is 8. The number of aliphatic hydroxyl groups excluding tert-OH is 1. The number of hydrogen-bond donors (Lipinski definition) is 1. The van der Waals surface area contributed by atoms with Gasteiger partial charge < -0.3 is 29.0 Å². The van der Waals surface area contributed by atoms with Gasteiger partial charge in [0, 0.05) is 31.7 Å². The molecular formula is C29H34N2O7. The van der Waals surface area contributed by atoms with Crippen LogP contribution in [0.3, 0.4) is 0 Å². The molecule has 1 atom stereocenters. The van der Waals surface area contributed by atoms with Gasteiger partial charge in [-0.1, -0.05) is 24.8 Å². The number of carbonyl (C=O) groups is 2. The number of Topliss-reactive ketones (excluding diaryl/α,β-unsaturated/α-hetero) is 1. The van der Waals surface area contributed by atoms with Gasteiger partial charge in [0.05, 0.1) is 39.0 Å². The Bertz CT molecular complexity index is 1190. The molecule has 38 heavy (non-hydrogen) atoms. The number of benzene rings is 2. The predicted molar refractivity (Wildman–Crippen MR) is 143 cm³/mol. The summed E-state index contributed by atoms with van der Waals surface area (Å²) in [5.41, 5.74) is 1.09. The van der Waals surface area contributed by atoms with Crippen LogP contribution in [0, 0.1) is 0 Å². The Balaban J connectivity index is 1.69. The summed E-state index contributed by atoms with van der Waals surface area (Å²) in [7, 11) is 3.01. The molecule has 2 saturated heterocycles. The molecule has 2 aliphatic heterocycles. The van der Waals surface area contributed by atoms with Crippen molar-refractivity contribution in [2.45, 2.75) is 12.5 Å². The lowest BCUT2D eigenvalue weighted by Crippen LogP contribution is -2.38. The second-order valence-electron chi connectivity index (χ2n) is 9.04. The topological polar surface area (TPSA) is 97.8 Å². The number of carbonyl (C=O) groups excluding carboxylic acids is 2. The van der Waals surface area contributed by atoms with Crippen molar-refractivity contribution in [1.82, 2.24) is 9.80 Å². The maximum Gasteiger partial charge on any atom is 0.295 e. The van der Waals surface area contributed by atoms with E-state index in [2.05, 4.69) is 11.5 Å². The van der Waals surface area contributed by atoms with Crippen LogP contribution in [-0.4, -0.2) is 86.8 Å². The van der Waals surface area contributed by atoms with Crippen LogP contribution in [0.5, 0.6) is 17.2 Å². The molecule has 0 spiro atoms. The first-order chi connectivity index (χ1) is 18.5. The monoisotopic (exact) mass is 522 g/mol. The third-order valence-electron chi connectivity index (χ3n) is 6.74. The van der Waals surface area contributed by atoms with E-state index in [4.69, 9.17) is 18.9 Å². The van der Waals surface area contributed by atoms with Crippen LogP contribution < -0.4 is 14.2 Å². The highest BCUT2D eigenvalue weighted by Crippen LogP contribution is 2.41. The maximum absolute atomic E-state index is 13.3. The average Bonchev–Trinajstić information content (AvgIpc) is 3.21. The molecule has 2 aromatic carbocycles. The fraction of sp³-hybridized carbons (Fsp3) is 0.379. The molecule has 1 amide bonds. The largest absolute Gasteiger partial charge is 0.507 e. The first kappa shape index (κ1) is 27.2. The molecule has 2 aliphatic rings. The average molecular weight is 523 g/mol. The molecule has 2 fully saturated rings. The maximum atomic E-state index is 13.3. The Kier molecular flexibility index (Phi) is 9.04. The summed E-state index contributed by atoms with van der Waals surface area (Å²) >= 11 is 0. The fourth-order valence-corrected chi connectivity index (χ4v) is 4.79. The van der Waals surface area contributed by atoms with Gasteiger partial charge in [0.2, 0.25) is 0 Å². The highest BCUT2D eigenvalue weighted by Gasteiger charge is 2.45. The minimum atomic E-state index is -0.749. The van der Waals surface area contributed by atoms with Crippen molar-refractivity contribution in [3.8, 4) is 17.2 Å². The van der Waals surface area contributed by atoms with E-state index in [-0.39, 0.29) is 11.3 Å². The van der Waals surface area contributed by atoms with Crippen molar-refractivity contribution in [3.63, 3.8) is 0 Å². The second-order valence-corrected chi connectivity index (χ2v) is 9.04. The molecule has 1 N–H and O–H groups in total. The van der Waals surface area contributed by atoms with Crippen molar-refractivity contribution in [3.05, 3.63) is 71.8 Å². The summed E-state index contributed by atoms with van der Waals surface area (Å²) in [6.45, 7) is 8.23. The number of aliphatic hydroxyl groups is 1. The minimum absolute atomic E-state index is 0.0355. The lowest BCUT2D eigenvalue weighted by Gasteiger charge is -2.29. The summed E-state index contributed by atoms with van der Waals surface area (Å²) in [4.78, 5) is 30.4. The van der Waals surface area contributed by atoms with Crippen molar-refractivity contribution in [2.24, 2.45) is 0 Å². The Labute approximate surface area is 222 Å². The number of ether oxygens (including phenoxy) is 4. The molecular weight excluding hydrogens is 488 g/mol. The number of rotatable bonds is 11. The number of likely N-dealkylation sites (tertiary alicyclic amines) is 1. The molecule has 1 unspecified atom stereocenters. The van der Waals surface area contributed by atoms with Crippen LogP contribution in [0.4, 0.5) is 0 Å². The van der Waals surface area contributed by atoms with E-state index in [0.29, 0.717) is 61.2 Å². The summed E-state index contributed by atoms with van der Waals surface area (Å²) in [6.07, 6.45) is 2.33. The molecule has 2 aromatic rings. The van der Waals surface area contributed by atoms with Crippen molar-refractivity contribution in [2.75, 3.05) is 60.2 Å². The van der Waals surface area contributed by atoms with Crippen molar-refractivity contribution >= 4 is 17.4 Å². The zero-order valence-electron chi connectivity index (χ0n) is 21.9. The van der Waals surface area contributed by atoms with E-state index >= 15 is 0 Å². The Morgan fingerprint density at radius 2 is 1.76 bits per heavy atom. The molecule has 9 nitrogen and oxygen atoms in total. The van der Waals surface area contributed by atoms with Crippen molar-refractivity contribution in [1.29, 1.82) is 0 Å². The van der Waals surface area contributed by atoms with Crippen LogP contribution >= 0.6 is 0 Å². The van der Waals surface area contributed by atoms with Gasteiger partial charge in [-0.3, -0.25) is 14.5 Å². The first-order valence-electron chi connectivity index (χ1n) is 12.6. The zero-order chi connectivity index (χ0) is 27.1. The number of methoxy groups -OCH3 is 2. The summed E-state index contributed by atoms with van der Waals surface area (Å²) in [5, 5.41) is 11.4. The Hall–Kier alpha value is -3.82. The quantitative estimate of drug-likeness (QED) is 0.208. The van der Waals surface area contributed by atoms with Crippen LogP contribution in [0.2, 0.25) is 0 Å². The minimum Gasteiger partial charge on any atom is -0.507 e. The molecule has 2 heterocycles. The van der Waals surface area contributed by atoms with Gasteiger partial charge in [-0.15, -0.1) is 0 Å². The summed E-state index contributed by atoms with van der Waals surface area (Å²) in [6, 6.07) is 11.3. The molecule has 0 bridgehead atoms. The molecule has 0 saturated carbocycles. The third-order valence-corrected chi connectivity index (χ3v) is 6.74. The molecule has 0 aliphatic carbocycles. The van der Waals surface area contributed by atoms with Gasteiger partial charge in [-0.2, -0.15) is 0 Å². The van der Waals surface area contributed by atoms with E-state index in [1.165, 1.54) is 14.2 Å². The summed E-state index contributed by atoms with van der Waals surface area (Å²) < 4.78 is 21.7. The van der Waals surface area contributed by atoms with Crippen LogP contribution in [0.25, 0.3) is 5.76 Å². The number of nitrogens with zero attached hydrogens (tertiary/aromatic N) is 2. The Morgan fingerprint density at radius 1 is 1.05 bits per heavy atom. The fourth-order valence-electron chi connectivity index (χ4n) is 4.79. The highest BCUT2D eigenvalue weighted by atomic mass is 16.5. The number of ketones is 1. The van der Waals surface area contributed by atoms with Gasteiger partial charge in [0.15, 0.2) is 11.5 Å². The van der Waals surface area contributed by atoms with E-state index in [0.717, 1.165) is 19.6 Å². The van der Waals surface area contributed by atoms with E-state index < -0.39 is 17.7 Å². The number of amides is 1. The van der Waals surface area contributed by atoms with E-state index in [1.54, 1.807) is 41.3 Å². The lowest BCUT2D eigenvalue weighted by molar-refractivity contribution is -0.140. The molecule has 9 heteroatoms. The van der Waals surface area contributed by atoms with Gasteiger partial charge in [0.25, 0.3) is 11.7 Å². The van der Waals surface area contributed by atoms with E-state index in [9.17, 15) is 14.7 Å². The van der Waals surface area contributed by atoms with Gasteiger partial charge in [-0.05, 0) is 42.3 Å². The first-order valence-corrected chi connectivity index (χ1v) is 12.6. The van der Waals surface area contributed by atoms with Gasteiger partial charge in [0.1, 0.15) is 18.1 Å². The lowest BCUT2D eigenvalue weighted by atomic mass is 9.95. The van der Waals surface area contributed by atoms with Crippen LogP contribution in [-0.2, 0) is 14.3 Å². The second kappa shape index (κ2) is 12.6. The zero-order valence-corrected chi connectivity index (χ0v) is 21.9. The summed E-state index contributed by atoms with van der Waals surface area (Å²) in [5.74, 6) is -0.0998. The molecule has 0 aromatic heterocycles. The molecule has 202 valence electrons. The molecule has 0 radical (unpaired) electrons. The van der Waals surface area contributed by atoms with Crippen LogP contribution in [0.15, 0.2) is 60.7 Å². The SMILES string of the molecule is C=CCOc1ccc(C2/C(=C(/O)c3ccc(OC)c(OC)c3)C(=O)C(=O)N2CCCN2CCOCC2)cc1. The molecule has 4 rings (SSSR count). The van der Waals surface area contributed by atoms with Crippen molar-refractivity contribution < 1.29 is 33.6 Å². The highest BCUT2D eigenvalue weighted by molar-refractivity contribution is 6.46. The third kappa shape index (κ3) is 5.84. The van der Waals surface area contributed by atoms with Gasteiger partial charge in [-0.25, -0.2) is 0 Å². The Morgan fingerprint density at radius 3 is 2.42 bits per heavy atom. The smallest absolute Gasteiger partial charge is 0.295 e. The predicted octanol–water partition coefficient (Wildman–Crippen LogP) is 3.41.